The number of methoxy groups -OCH3 is 1. The van der Waals surface area contributed by atoms with Crippen molar-refractivity contribution in [3.8, 4) is 5.75 Å². The minimum Gasteiger partial charge on any atom is -0.495 e. The minimum atomic E-state index is -4.05. The fraction of sp³-hybridized carbons (Fsp3) is 0.0952. The number of nitrogens with one attached hydrogen (secondary N) is 1. The first-order valence-corrected chi connectivity index (χ1v) is 10.9. The maximum absolute atomic E-state index is 13.3. The molecule has 0 radical (unpaired) electrons. The molecule has 2 aromatic carbocycles. The number of carbonyl (C=O) groups excluding carboxylic acids is 1. The molecule has 0 fully saturated rings. The van der Waals surface area contributed by atoms with Crippen LogP contribution in [0.5, 0.6) is 5.75 Å². The predicted octanol–water partition coefficient (Wildman–Crippen LogP) is 3.09. The molecule has 0 saturated carbocycles. The first kappa shape index (κ1) is 22.3. The molecule has 0 atom stereocenters. The Kier molecular flexibility index (Phi) is 7.22. The molecule has 1 aromatic heterocycles. The van der Waals surface area contributed by atoms with Crippen molar-refractivity contribution < 1.29 is 17.9 Å². The van der Waals surface area contributed by atoms with Crippen LogP contribution in [0, 0.1) is 0 Å². The number of pyridine rings is 1. The van der Waals surface area contributed by atoms with Crippen LogP contribution in [0.2, 0.25) is 5.02 Å². The maximum atomic E-state index is 13.3. The molecule has 1 heterocycles. The lowest BCUT2D eigenvalue weighted by atomic mass is 10.3. The summed E-state index contributed by atoms with van der Waals surface area (Å²) in [5, 5.41) is 4.08. The molecule has 0 bridgehead atoms. The average molecular weight is 459 g/mol. The largest absolute Gasteiger partial charge is 0.495 e. The van der Waals surface area contributed by atoms with Crippen molar-refractivity contribution in [2.75, 3.05) is 18.0 Å². The number of benzene rings is 2. The Hall–Kier alpha value is -3.43. The molecular weight excluding hydrogens is 440 g/mol. The molecule has 1 N–H and O–H groups in total. The lowest BCUT2D eigenvalue weighted by Crippen LogP contribution is -2.39. The molecule has 0 spiro atoms. The summed E-state index contributed by atoms with van der Waals surface area (Å²) >= 11 is 6.18. The average Bonchev–Trinajstić information content (AvgIpc) is 2.78. The van der Waals surface area contributed by atoms with E-state index in [2.05, 4.69) is 15.5 Å². The van der Waals surface area contributed by atoms with E-state index in [9.17, 15) is 13.2 Å². The lowest BCUT2D eigenvalue weighted by molar-refractivity contribution is -0.119. The van der Waals surface area contributed by atoms with Gasteiger partial charge in [-0.2, -0.15) is 5.10 Å². The molecule has 31 heavy (non-hydrogen) atoms. The van der Waals surface area contributed by atoms with E-state index in [4.69, 9.17) is 16.3 Å². The number of hydrogen-bond donors (Lipinski definition) is 1. The third-order valence-electron chi connectivity index (χ3n) is 4.15. The van der Waals surface area contributed by atoms with E-state index in [1.807, 2.05) is 0 Å². The molecule has 8 nitrogen and oxygen atoms in total. The summed E-state index contributed by atoms with van der Waals surface area (Å²) in [7, 11) is -2.60. The van der Waals surface area contributed by atoms with Gasteiger partial charge in [0.05, 0.1) is 28.9 Å². The number of hydrazone groups is 1. The van der Waals surface area contributed by atoms with E-state index in [0.717, 1.165) is 9.87 Å². The van der Waals surface area contributed by atoms with Gasteiger partial charge in [-0.3, -0.25) is 14.1 Å². The number of rotatable bonds is 8. The molecule has 0 aliphatic heterocycles. The van der Waals surface area contributed by atoms with Gasteiger partial charge < -0.3 is 4.74 Å². The summed E-state index contributed by atoms with van der Waals surface area (Å²) in [6.45, 7) is -0.506. The van der Waals surface area contributed by atoms with Crippen LogP contribution in [-0.4, -0.2) is 39.2 Å². The lowest BCUT2D eigenvalue weighted by Gasteiger charge is -2.24. The zero-order valence-corrected chi connectivity index (χ0v) is 18.0. The second-order valence-corrected chi connectivity index (χ2v) is 8.49. The van der Waals surface area contributed by atoms with Crippen molar-refractivity contribution in [3.63, 3.8) is 0 Å². The van der Waals surface area contributed by atoms with Crippen molar-refractivity contribution in [1.29, 1.82) is 0 Å². The van der Waals surface area contributed by atoms with Crippen molar-refractivity contribution >= 4 is 39.4 Å². The molecule has 160 valence electrons. The summed E-state index contributed by atoms with van der Waals surface area (Å²) in [4.78, 5) is 16.4. The highest BCUT2D eigenvalue weighted by Crippen LogP contribution is 2.31. The van der Waals surface area contributed by atoms with Crippen LogP contribution >= 0.6 is 11.6 Å². The summed E-state index contributed by atoms with van der Waals surface area (Å²) in [5.74, 6) is -0.245. The summed E-state index contributed by atoms with van der Waals surface area (Å²) in [6, 6.07) is 15.7. The second kappa shape index (κ2) is 10.1. The first-order valence-electron chi connectivity index (χ1n) is 9.05. The Morgan fingerprint density at radius 1 is 1.16 bits per heavy atom. The number of sulfonamides is 1. The monoisotopic (exact) mass is 458 g/mol. The van der Waals surface area contributed by atoms with Crippen LogP contribution < -0.4 is 14.5 Å². The standard InChI is InChI=1S/C21H19ClN4O4S/c1-30-20-8-7-17(13-19(20)22)26(31(28,29)18-5-3-2-4-6-18)15-21(27)25-24-14-16-9-11-23-12-10-16/h2-14H,15H2,1H3,(H,25,27)/b24-14-. The van der Waals surface area contributed by atoms with E-state index < -0.39 is 22.5 Å². The second-order valence-electron chi connectivity index (χ2n) is 6.22. The Balaban J connectivity index is 1.88. The van der Waals surface area contributed by atoms with Gasteiger partial charge in [0.25, 0.3) is 15.9 Å². The van der Waals surface area contributed by atoms with Gasteiger partial charge in [0.15, 0.2) is 0 Å². The van der Waals surface area contributed by atoms with E-state index >= 15 is 0 Å². The molecule has 3 rings (SSSR count). The SMILES string of the molecule is COc1ccc(N(CC(=O)N/N=C\c2ccncc2)S(=O)(=O)c2ccccc2)cc1Cl. The van der Waals surface area contributed by atoms with Crippen LogP contribution in [0.1, 0.15) is 5.56 Å². The Labute approximate surface area is 185 Å². The number of anilines is 1. The van der Waals surface area contributed by atoms with Crippen molar-refractivity contribution in [1.82, 2.24) is 10.4 Å². The summed E-state index contributed by atoms with van der Waals surface area (Å²) in [6.07, 6.45) is 4.61. The van der Waals surface area contributed by atoms with Gasteiger partial charge >= 0.3 is 0 Å². The van der Waals surface area contributed by atoms with Gasteiger partial charge in [0.2, 0.25) is 0 Å². The molecule has 10 heteroatoms. The molecule has 0 aliphatic rings. The molecule has 1 amide bonds. The van der Waals surface area contributed by atoms with Gasteiger partial charge in [-0.05, 0) is 48.0 Å². The van der Waals surface area contributed by atoms with Crippen LogP contribution in [0.25, 0.3) is 0 Å². The van der Waals surface area contributed by atoms with Gasteiger partial charge in [-0.15, -0.1) is 0 Å². The third-order valence-corrected chi connectivity index (χ3v) is 6.23. The number of ether oxygens (including phenoxy) is 1. The van der Waals surface area contributed by atoms with Crippen molar-refractivity contribution in [2.24, 2.45) is 5.10 Å². The predicted molar refractivity (Wildman–Crippen MR) is 119 cm³/mol. The number of halogens is 1. The van der Waals surface area contributed by atoms with E-state index in [-0.39, 0.29) is 15.6 Å². The molecule has 0 unspecified atom stereocenters. The van der Waals surface area contributed by atoms with Crippen molar-refractivity contribution in [3.05, 3.63) is 83.6 Å². The zero-order chi connectivity index (χ0) is 22.3. The van der Waals surface area contributed by atoms with Crippen molar-refractivity contribution in [2.45, 2.75) is 4.90 Å². The quantitative estimate of drug-likeness (QED) is 0.413. The topological polar surface area (TPSA) is 101 Å². The fourth-order valence-electron chi connectivity index (χ4n) is 2.64. The summed E-state index contributed by atoms with van der Waals surface area (Å²) in [5.41, 5.74) is 3.28. The van der Waals surface area contributed by atoms with E-state index in [1.165, 1.54) is 43.7 Å². The number of carbonyl (C=O) groups is 1. The Bertz CT molecular complexity index is 1170. The molecule has 3 aromatic rings. The normalized spacial score (nSPS) is 11.3. The number of nitrogens with zero attached hydrogens (tertiary/aromatic N) is 3. The van der Waals surface area contributed by atoms with Gasteiger partial charge in [-0.25, -0.2) is 13.8 Å². The van der Waals surface area contributed by atoms with Crippen LogP contribution in [0.3, 0.4) is 0 Å². The van der Waals surface area contributed by atoms with E-state index in [1.54, 1.807) is 42.7 Å². The Morgan fingerprint density at radius 2 is 1.87 bits per heavy atom. The van der Waals surface area contributed by atoms with Gasteiger partial charge in [0.1, 0.15) is 12.3 Å². The van der Waals surface area contributed by atoms with Crippen LogP contribution in [0.4, 0.5) is 5.69 Å². The third kappa shape index (κ3) is 5.59. The molecular formula is C21H19ClN4O4S. The number of amides is 1. The maximum Gasteiger partial charge on any atom is 0.264 e. The van der Waals surface area contributed by atoms with Crippen LogP contribution in [0.15, 0.2) is 83.1 Å². The Morgan fingerprint density at radius 3 is 2.52 bits per heavy atom. The van der Waals surface area contributed by atoms with Gasteiger partial charge in [0, 0.05) is 12.4 Å². The van der Waals surface area contributed by atoms with Gasteiger partial charge in [-0.1, -0.05) is 29.8 Å². The summed E-state index contributed by atoms with van der Waals surface area (Å²) < 4.78 is 32.6. The first-order chi connectivity index (χ1) is 14.9. The van der Waals surface area contributed by atoms with E-state index in [0.29, 0.717) is 5.75 Å². The highest BCUT2D eigenvalue weighted by atomic mass is 35.5. The number of aromatic nitrogens is 1. The number of hydrogen-bond acceptors (Lipinski definition) is 6. The highest BCUT2D eigenvalue weighted by molar-refractivity contribution is 7.92. The smallest absolute Gasteiger partial charge is 0.264 e. The molecule has 0 aliphatic carbocycles. The zero-order valence-electron chi connectivity index (χ0n) is 16.5. The highest BCUT2D eigenvalue weighted by Gasteiger charge is 2.27. The fourth-order valence-corrected chi connectivity index (χ4v) is 4.33. The van der Waals surface area contributed by atoms with Crippen LogP contribution in [-0.2, 0) is 14.8 Å². The molecule has 0 saturated heterocycles. The minimum absolute atomic E-state index is 0.0371.